The van der Waals surface area contributed by atoms with Crippen LogP contribution in [0.15, 0.2) is 57.0 Å². The Kier molecular flexibility index (Phi) is 5.04. The molecule has 0 bridgehead atoms. The number of benzene rings is 1. The summed E-state index contributed by atoms with van der Waals surface area (Å²) in [6.45, 7) is 0. The smallest absolute Gasteiger partial charge is 0.197 e. The molecule has 1 fully saturated rings. The molecule has 150 valence electrons. The van der Waals surface area contributed by atoms with Crippen molar-refractivity contribution in [3.05, 3.63) is 57.6 Å². The molecular weight excluding hydrogens is 439 g/mol. The molecule has 0 heterocycles. The second kappa shape index (κ2) is 6.88. The third-order valence-electron chi connectivity index (χ3n) is 6.02. The van der Waals surface area contributed by atoms with Crippen LogP contribution in [0.3, 0.4) is 0 Å². The van der Waals surface area contributed by atoms with E-state index in [0.29, 0.717) is 20.4 Å². The molecule has 1 spiro atoms. The van der Waals surface area contributed by atoms with Crippen LogP contribution in [0.5, 0.6) is 0 Å². The van der Waals surface area contributed by atoms with Crippen molar-refractivity contribution in [1.29, 1.82) is 0 Å². The van der Waals surface area contributed by atoms with Crippen LogP contribution in [0.2, 0.25) is 0 Å². The Hall–Kier alpha value is -0.780. The second-order valence-corrected chi connectivity index (χ2v) is 11.4. The SMILES string of the molecule is COC1(Cl)C=C(Cl)C(C2=C(c3ccc(S(C)(=O)=O)cc3)CC3(CC3)C2)C=C1Cl. The predicted molar refractivity (Wildman–Crippen MR) is 114 cm³/mol. The van der Waals surface area contributed by atoms with Gasteiger partial charge in [0, 0.05) is 24.3 Å². The van der Waals surface area contributed by atoms with Crippen molar-refractivity contribution in [2.45, 2.75) is 35.6 Å². The Labute approximate surface area is 180 Å². The molecule has 28 heavy (non-hydrogen) atoms. The van der Waals surface area contributed by atoms with Crippen LogP contribution in [-0.4, -0.2) is 26.8 Å². The molecule has 0 aromatic heterocycles. The van der Waals surface area contributed by atoms with Gasteiger partial charge in [0.15, 0.2) is 14.9 Å². The Bertz CT molecular complexity index is 1020. The Morgan fingerprint density at radius 3 is 2.29 bits per heavy atom. The van der Waals surface area contributed by atoms with E-state index in [4.69, 9.17) is 39.5 Å². The molecule has 0 amide bonds. The highest BCUT2D eigenvalue weighted by Gasteiger charge is 2.50. The van der Waals surface area contributed by atoms with E-state index in [1.54, 1.807) is 18.2 Å². The van der Waals surface area contributed by atoms with Crippen LogP contribution in [0.1, 0.15) is 31.2 Å². The lowest BCUT2D eigenvalue weighted by Crippen LogP contribution is -2.26. The molecule has 7 heteroatoms. The molecule has 3 aliphatic rings. The van der Waals surface area contributed by atoms with Crippen molar-refractivity contribution < 1.29 is 13.2 Å². The topological polar surface area (TPSA) is 43.4 Å². The van der Waals surface area contributed by atoms with Gasteiger partial charge >= 0.3 is 0 Å². The summed E-state index contributed by atoms with van der Waals surface area (Å²) >= 11 is 19.5. The minimum absolute atomic E-state index is 0.138. The lowest BCUT2D eigenvalue weighted by molar-refractivity contribution is 0.137. The molecule has 1 saturated carbocycles. The summed E-state index contributed by atoms with van der Waals surface area (Å²) in [4.78, 5) is 0.322. The first-order valence-corrected chi connectivity index (χ1v) is 12.1. The van der Waals surface area contributed by atoms with Gasteiger partial charge in [-0.2, -0.15) is 0 Å². The van der Waals surface area contributed by atoms with Crippen molar-refractivity contribution in [3.63, 3.8) is 0 Å². The summed E-state index contributed by atoms with van der Waals surface area (Å²) in [5.74, 6) is -0.138. The fourth-order valence-electron chi connectivity index (χ4n) is 4.18. The number of hydrogen-bond donors (Lipinski definition) is 0. The quantitative estimate of drug-likeness (QED) is 0.528. The Balaban J connectivity index is 1.76. The number of hydrogen-bond acceptors (Lipinski definition) is 3. The maximum atomic E-state index is 11.8. The highest BCUT2D eigenvalue weighted by atomic mass is 35.5. The van der Waals surface area contributed by atoms with Crippen LogP contribution in [-0.2, 0) is 14.6 Å². The molecule has 3 nitrogen and oxygen atoms in total. The van der Waals surface area contributed by atoms with E-state index in [1.165, 1.54) is 37.4 Å². The Morgan fingerprint density at radius 1 is 1.11 bits per heavy atom. The minimum Gasteiger partial charge on any atom is -0.354 e. The zero-order chi connectivity index (χ0) is 20.3. The highest BCUT2D eigenvalue weighted by Crippen LogP contribution is 2.63. The molecule has 0 N–H and O–H groups in total. The number of allylic oxidation sites excluding steroid dienone is 4. The number of methoxy groups -OCH3 is 1. The number of ether oxygens (including phenoxy) is 1. The first-order valence-electron chi connectivity index (χ1n) is 9.09. The fourth-order valence-corrected chi connectivity index (χ4v) is 5.65. The molecular formula is C21H21Cl3O3S. The van der Waals surface area contributed by atoms with Crippen molar-refractivity contribution in [3.8, 4) is 0 Å². The first-order chi connectivity index (χ1) is 13.1. The van der Waals surface area contributed by atoms with Gasteiger partial charge in [-0.1, -0.05) is 58.6 Å². The van der Waals surface area contributed by atoms with Gasteiger partial charge in [0.05, 0.1) is 9.93 Å². The summed E-state index contributed by atoms with van der Waals surface area (Å²) in [6.07, 6.45) is 9.10. The lowest BCUT2D eigenvalue weighted by Gasteiger charge is -2.30. The van der Waals surface area contributed by atoms with Crippen molar-refractivity contribution >= 4 is 50.2 Å². The second-order valence-electron chi connectivity index (χ2n) is 8.02. The van der Waals surface area contributed by atoms with E-state index < -0.39 is 14.9 Å². The lowest BCUT2D eigenvalue weighted by atomic mass is 9.88. The van der Waals surface area contributed by atoms with Crippen LogP contribution < -0.4 is 0 Å². The third-order valence-corrected chi connectivity index (χ3v) is 8.47. The number of alkyl halides is 1. The van der Waals surface area contributed by atoms with Crippen LogP contribution >= 0.6 is 34.8 Å². The van der Waals surface area contributed by atoms with Gasteiger partial charge < -0.3 is 4.74 Å². The van der Waals surface area contributed by atoms with Crippen LogP contribution in [0, 0.1) is 11.3 Å². The Morgan fingerprint density at radius 2 is 1.75 bits per heavy atom. The van der Waals surface area contributed by atoms with Crippen LogP contribution in [0.4, 0.5) is 0 Å². The average molecular weight is 460 g/mol. The van der Waals surface area contributed by atoms with E-state index >= 15 is 0 Å². The summed E-state index contributed by atoms with van der Waals surface area (Å²) < 4.78 is 28.9. The van der Waals surface area contributed by atoms with E-state index in [2.05, 4.69) is 0 Å². The first kappa shape index (κ1) is 20.5. The molecule has 0 radical (unpaired) electrons. The van der Waals surface area contributed by atoms with Gasteiger partial charge in [-0.05, 0) is 60.4 Å². The summed E-state index contributed by atoms with van der Waals surface area (Å²) in [6, 6.07) is 7.12. The zero-order valence-electron chi connectivity index (χ0n) is 15.6. The minimum atomic E-state index is -3.22. The molecule has 0 aliphatic heterocycles. The normalized spacial score (nSPS) is 29.1. The van der Waals surface area contributed by atoms with Gasteiger partial charge in [0.2, 0.25) is 0 Å². The summed E-state index contributed by atoms with van der Waals surface area (Å²) in [5.41, 5.74) is 3.82. The van der Waals surface area contributed by atoms with E-state index in [1.807, 2.05) is 18.2 Å². The van der Waals surface area contributed by atoms with E-state index in [0.717, 1.165) is 18.4 Å². The predicted octanol–water partition coefficient (Wildman–Crippen LogP) is 5.87. The molecule has 0 saturated heterocycles. The molecule has 4 rings (SSSR count). The molecule has 1 aromatic carbocycles. The standard InChI is InChI=1S/C21H21Cl3O3S/c1-27-21(24)12-18(22)15(9-19(21)23)17-11-20(7-8-20)10-16(17)13-3-5-14(6-4-13)28(2,25)26/h3-6,9,12,15H,7-8,10-11H2,1-2H3. The van der Waals surface area contributed by atoms with Gasteiger partial charge in [-0.3, -0.25) is 0 Å². The van der Waals surface area contributed by atoms with Crippen molar-refractivity contribution in [2.24, 2.45) is 11.3 Å². The fraction of sp³-hybridized carbons (Fsp3) is 0.429. The number of sulfone groups is 1. The third kappa shape index (κ3) is 3.59. The van der Waals surface area contributed by atoms with Gasteiger partial charge in [0.25, 0.3) is 0 Å². The summed E-state index contributed by atoms with van der Waals surface area (Å²) in [5, 5.41) is -0.218. The van der Waals surface area contributed by atoms with Crippen molar-refractivity contribution in [1.82, 2.24) is 0 Å². The molecule has 2 unspecified atom stereocenters. The van der Waals surface area contributed by atoms with Crippen molar-refractivity contribution in [2.75, 3.05) is 13.4 Å². The van der Waals surface area contributed by atoms with Crippen LogP contribution in [0.25, 0.3) is 5.57 Å². The largest absolute Gasteiger partial charge is 0.354 e. The van der Waals surface area contributed by atoms with Gasteiger partial charge in [0.1, 0.15) is 0 Å². The highest BCUT2D eigenvalue weighted by molar-refractivity contribution is 7.90. The number of halogens is 3. The summed E-state index contributed by atoms with van der Waals surface area (Å²) in [7, 11) is -1.73. The van der Waals surface area contributed by atoms with E-state index in [-0.39, 0.29) is 5.92 Å². The average Bonchev–Trinajstić information content (AvgIpc) is 3.29. The molecule has 2 atom stereocenters. The number of rotatable bonds is 4. The van der Waals surface area contributed by atoms with E-state index in [9.17, 15) is 8.42 Å². The maximum absolute atomic E-state index is 11.8. The monoisotopic (exact) mass is 458 g/mol. The molecule has 1 aromatic rings. The van der Waals surface area contributed by atoms with Gasteiger partial charge in [-0.25, -0.2) is 8.42 Å². The zero-order valence-corrected chi connectivity index (χ0v) is 18.7. The maximum Gasteiger partial charge on any atom is 0.197 e. The molecule has 3 aliphatic carbocycles. The van der Waals surface area contributed by atoms with Gasteiger partial charge in [-0.15, -0.1) is 0 Å².